The lowest BCUT2D eigenvalue weighted by Gasteiger charge is -2.12. The van der Waals surface area contributed by atoms with Gasteiger partial charge in [0.15, 0.2) is 0 Å². The molecule has 0 aliphatic rings. The number of anilines is 1. The highest BCUT2D eigenvalue weighted by Gasteiger charge is 2.18. The molecule has 1 atom stereocenters. The second kappa shape index (κ2) is 4.86. The lowest BCUT2D eigenvalue weighted by Crippen LogP contribution is -2.24. The highest BCUT2D eigenvalue weighted by molar-refractivity contribution is 7.93. The summed E-state index contributed by atoms with van der Waals surface area (Å²) in [6.07, 6.45) is 0.579. The van der Waals surface area contributed by atoms with Crippen LogP contribution in [0.1, 0.15) is 20.3 Å². The minimum absolute atomic E-state index is 0.406. The summed E-state index contributed by atoms with van der Waals surface area (Å²) >= 11 is 5.75. The predicted molar refractivity (Wildman–Crippen MR) is 63.7 cm³/mol. The lowest BCUT2D eigenvalue weighted by atomic mass is 10.3. The van der Waals surface area contributed by atoms with E-state index in [4.69, 9.17) is 11.6 Å². The van der Waals surface area contributed by atoms with E-state index in [1.807, 2.05) is 6.92 Å². The van der Waals surface area contributed by atoms with Gasteiger partial charge in [-0.1, -0.05) is 24.6 Å². The van der Waals surface area contributed by atoms with Gasteiger partial charge in [-0.05, 0) is 31.5 Å². The third-order valence-corrected chi connectivity index (χ3v) is 4.34. The number of halogens is 1. The first-order chi connectivity index (χ1) is 6.95. The Kier molecular flexibility index (Phi) is 3.99. The molecule has 1 rings (SSSR count). The molecule has 0 bridgehead atoms. The molecule has 0 saturated heterocycles. The largest absolute Gasteiger partial charge is 0.283 e. The molecule has 0 spiro atoms. The Balaban J connectivity index is 2.87. The van der Waals surface area contributed by atoms with Crippen molar-refractivity contribution in [3.05, 3.63) is 29.3 Å². The van der Waals surface area contributed by atoms with Crippen LogP contribution in [0.5, 0.6) is 0 Å². The number of hydrogen-bond donors (Lipinski definition) is 1. The molecule has 0 radical (unpaired) electrons. The van der Waals surface area contributed by atoms with Crippen LogP contribution in [0.25, 0.3) is 0 Å². The lowest BCUT2D eigenvalue weighted by molar-refractivity contribution is 0.586. The van der Waals surface area contributed by atoms with Gasteiger partial charge >= 0.3 is 0 Å². The average Bonchev–Trinajstić information content (AvgIpc) is 2.15. The van der Waals surface area contributed by atoms with E-state index in [1.165, 1.54) is 0 Å². The first-order valence-electron chi connectivity index (χ1n) is 4.73. The number of hydrogen-bond acceptors (Lipinski definition) is 2. The van der Waals surface area contributed by atoms with Crippen LogP contribution in [0.3, 0.4) is 0 Å². The molecule has 0 aliphatic heterocycles. The monoisotopic (exact) mass is 247 g/mol. The maximum absolute atomic E-state index is 11.7. The van der Waals surface area contributed by atoms with E-state index in [0.717, 1.165) is 0 Å². The van der Waals surface area contributed by atoms with E-state index in [2.05, 4.69) is 4.72 Å². The Morgan fingerprint density at radius 2 is 2.13 bits per heavy atom. The van der Waals surface area contributed by atoms with Gasteiger partial charge in [-0.3, -0.25) is 4.72 Å². The SMILES string of the molecule is CCC(C)S(=O)(=O)Nc1cccc(Cl)c1. The van der Waals surface area contributed by atoms with Crippen LogP contribution < -0.4 is 4.72 Å². The van der Waals surface area contributed by atoms with Crippen molar-refractivity contribution in [2.75, 3.05) is 4.72 Å². The standard InChI is InChI=1S/C10H14ClNO2S/c1-3-8(2)15(13,14)12-10-6-4-5-9(11)7-10/h4-8,12H,3H2,1-2H3. The first-order valence-corrected chi connectivity index (χ1v) is 6.65. The fourth-order valence-corrected chi connectivity index (χ4v) is 2.32. The molecule has 1 aromatic carbocycles. The Morgan fingerprint density at radius 3 is 2.67 bits per heavy atom. The van der Waals surface area contributed by atoms with Crippen molar-refractivity contribution in [2.24, 2.45) is 0 Å². The highest BCUT2D eigenvalue weighted by atomic mass is 35.5. The maximum atomic E-state index is 11.7. The molecule has 0 aromatic heterocycles. The van der Waals surface area contributed by atoms with Crippen molar-refractivity contribution in [3.63, 3.8) is 0 Å². The van der Waals surface area contributed by atoms with Gasteiger partial charge in [0.05, 0.1) is 5.25 Å². The van der Waals surface area contributed by atoms with Gasteiger partial charge in [-0.25, -0.2) is 8.42 Å². The van der Waals surface area contributed by atoms with E-state index in [9.17, 15) is 8.42 Å². The molecule has 3 nitrogen and oxygen atoms in total. The van der Waals surface area contributed by atoms with E-state index in [1.54, 1.807) is 31.2 Å². The Hall–Kier alpha value is -0.740. The van der Waals surface area contributed by atoms with Crippen molar-refractivity contribution >= 4 is 27.3 Å². The Morgan fingerprint density at radius 1 is 1.47 bits per heavy atom. The van der Waals surface area contributed by atoms with Gasteiger partial charge < -0.3 is 0 Å². The van der Waals surface area contributed by atoms with Crippen molar-refractivity contribution in [3.8, 4) is 0 Å². The highest BCUT2D eigenvalue weighted by Crippen LogP contribution is 2.17. The topological polar surface area (TPSA) is 46.2 Å². The van der Waals surface area contributed by atoms with E-state index < -0.39 is 15.3 Å². The van der Waals surface area contributed by atoms with Crippen LogP contribution >= 0.6 is 11.6 Å². The molecule has 1 N–H and O–H groups in total. The second-order valence-corrected chi connectivity index (χ2v) is 5.91. The van der Waals surface area contributed by atoms with Crippen LogP contribution in [0, 0.1) is 0 Å². The van der Waals surface area contributed by atoms with E-state index in [-0.39, 0.29) is 0 Å². The zero-order chi connectivity index (χ0) is 11.5. The van der Waals surface area contributed by atoms with Crippen molar-refractivity contribution < 1.29 is 8.42 Å². The molecular formula is C10H14ClNO2S. The van der Waals surface area contributed by atoms with Crippen LogP contribution in [0.2, 0.25) is 5.02 Å². The maximum Gasteiger partial charge on any atom is 0.235 e. The van der Waals surface area contributed by atoms with Crippen molar-refractivity contribution in [1.29, 1.82) is 0 Å². The summed E-state index contributed by atoms with van der Waals surface area (Å²) < 4.78 is 25.9. The summed E-state index contributed by atoms with van der Waals surface area (Å²) in [7, 11) is -3.29. The minimum atomic E-state index is -3.29. The van der Waals surface area contributed by atoms with Crippen molar-refractivity contribution in [1.82, 2.24) is 0 Å². The predicted octanol–water partition coefficient (Wildman–Crippen LogP) is 2.88. The Bertz CT molecular complexity index is 431. The number of rotatable bonds is 4. The number of sulfonamides is 1. The molecule has 1 unspecified atom stereocenters. The summed E-state index contributed by atoms with van der Waals surface area (Å²) in [5.41, 5.74) is 0.503. The summed E-state index contributed by atoms with van der Waals surface area (Å²) in [4.78, 5) is 0. The molecule has 0 amide bonds. The summed E-state index contributed by atoms with van der Waals surface area (Å²) in [6.45, 7) is 3.51. The minimum Gasteiger partial charge on any atom is -0.283 e. The summed E-state index contributed by atoms with van der Waals surface area (Å²) in [5.74, 6) is 0. The van der Waals surface area contributed by atoms with Crippen LogP contribution in [-0.4, -0.2) is 13.7 Å². The third-order valence-electron chi connectivity index (χ3n) is 2.19. The van der Waals surface area contributed by atoms with Gasteiger partial charge in [0.25, 0.3) is 0 Å². The summed E-state index contributed by atoms with van der Waals surface area (Å²) in [6, 6.07) is 6.66. The zero-order valence-corrected chi connectivity index (χ0v) is 10.3. The smallest absolute Gasteiger partial charge is 0.235 e. The van der Waals surface area contributed by atoms with Crippen LogP contribution in [-0.2, 0) is 10.0 Å². The van der Waals surface area contributed by atoms with Crippen LogP contribution in [0.4, 0.5) is 5.69 Å². The van der Waals surface area contributed by atoms with Gasteiger partial charge in [0, 0.05) is 10.7 Å². The molecule has 5 heteroatoms. The molecule has 0 heterocycles. The number of nitrogens with one attached hydrogen (secondary N) is 1. The molecule has 84 valence electrons. The first kappa shape index (κ1) is 12.3. The molecule has 0 aliphatic carbocycles. The fourth-order valence-electron chi connectivity index (χ4n) is 1.04. The number of benzene rings is 1. The van der Waals surface area contributed by atoms with Crippen molar-refractivity contribution in [2.45, 2.75) is 25.5 Å². The molecule has 15 heavy (non-hydrogen) atoms. The second-order valence-electron chi connectivity index (χ2n) is 3.38. The molecule has 1 aromatic rings. The zero-order valence-electron chi connectivity index (χ0n) is 8.70. The molecule has 0 saturated carbocycles. The van der Waals surface area contributed by atoms with Crippen LogP contribution in [0.15, 0.2) is 24.3 Å². The Labute approximate surface area is 95.5 Å². The van der Waals surface area contributed by atoms with E-state index >= 15 is 0 Å². The normalized spacial score (nSPS) is 13.5. The quantitative estimate of drug-likeness (QED) is 0.889. The van der Waals surface area contributed by atoms with Gasteiger partial charge in [-0.2, -0.15) is 0 Å². The van der Waals surface area contributed by atoms with E-state index in [0.29, 0.717) is 17.1 Å². The van der Waals surface area contributed by atoms with Gasteiger partial charge in [-0.15, -0.1) is 0 Å². The molecule has 0 fully saturated rings. The van der Waals surface area contributed by atoms with Gasteiger partial charge in [0.2, 0.25) is 10.0 Å². The molecular weight excluding hydrogens is 234 g/mol. The third kappa shape index (κ3) is 3.39. The average molecular weight is 248 g/mol. The van der Waals surface area contributed by atoms with Gasteiger partial charge in [0.1, 0.15) is 0 Å². The fraction of sp³-hybridized carbons (Fsp3) is 0.400. The summed E-state index contributed by atoms with van der Waals surface area (Å²) in [5, 5.41) is 0.107.